The lowest BCUT2D eigenvalue weighted by atomic mass is 9.88. The van der Waals surface area contributed by atoms with E-state index in [-0.39, 0.29) is 11.5 Å². The van der Waals surface area contributed by atoms with Crippen LogP contribution in [0.3, 0.4) is 0 Å². The van der Waals surface area contributed by atoms with Crippen molar-refractivity contribution < 1.29 is 13.2 Å². The zero-order valence-electron chi connectivity index (χ0n) is 15.2. The number of carbonyl (C=O) groups is 1. The van der Waals surface area contributed by atoms with Gasteiger partial charge in [0, 0.05) is 0 Å². The van der Waals surface area contributed by atoms with Gasteiger partial charge in [-0.1, -0.05) is 72.8 Å². The highest BCUT2D eigenvalue weighted by atomic mass is 32.2. The Morgan fingerprint density at radius 3 is 1.79 bits per heavy atom. The van der Waals surface area contributed by atoms with E-state index in [0.29, 0.717) is 11.1 Å². The van der Waals surface area contributed by atoms with Gasteiger partial charge in [0.15, 0.2) is 15.6 Å². The number of hydrogen-bond acceptors (Lipinski definition) is 4. The SMILES string of the molecule is N#Cc1ccc(CS(=O)(=O)CC(=O)C(c2ccccc2)c2ccccc2)cc1. The van der Waals surface area contributed by atoms with Crippen molar-refractivity contribution >= 4 is 15.6 Å². The summed E-state index contributed by atoms with van der Waals surface area (Å²) in [5.74, 6) is -1.76. The minimum Gasteiger partial charge on any atom is -0.297 e. The maximum Gasteiger partial charge on any atom is 0.161 e. The van der Waals surface area contributed by atoms with E-state index in [0.717, 1.165) is 11.1 Å². The first-order chi connectivity index (χ1) is 13.5. The molecule has 0 aliphatic heterocycles. The van der Waals surface area contributed by atoms with Crippen molar-refractivity contribution in [3.8, 4) is 6.07 Å². The maximum absolute atomic E-state index is 13.0. The van der Waals surface area contributed by atoms with Gasteiger partial charge in [0.05, 0.1) is 23.3 Å². The predicted molar refractivity (Wildman–Crippen MR) is 108 cm³/mol. The molecule has 0 amide bonds. The topological polar surface area (TPSA) is 75.0 Å². The van der Waals surface area contributed by atoms with Gasteiger partial charge < -0.3 is 0 Å². The summed E-state index contributed by atoms with van der Waals surface area (Å²) >= 11 is 0. The van der Waals surface area contributed by atoms with E-state index in [4.69, 9.17) is 5.26 Å². The van der Waals surface area contributed by atoms with Gasteiger partial charge >= 0.3 is 0 Å². The van der Waals surface area contributed by atoms with Gasteiger partial charge in [0.1, 0.15) is 5.75 Å². The maximum atomic E-state index is 13.0. The fraction of sp³-hybridized carbons (Fsp3) is 0.130. The van der Waals surface area contributed by atoms with Crippen LogP contribution < -0.4 is 0 Å². The van der Waals surface area contributed by atoms with E-state index in [1.807, 2.05) is 66.7 Å². The molecule has 28 heavy (non-hydrogen) atoms. The van der Waals surface area contributed by atoms with Crippen LogP contribution in [0.2, 0.25) is 0 Å². The molecule has 140 valence electrons. The summed E-state index contributed by atoms with van der Waals surface area (Å²) in [4.78, 5) is 13.0. The molecule has 3 aromatic rings. The number of nitrogens with zero attached hydrogens (tertiary/aromatic N) is 1. The van der Waals surface area contributed by atoms with Crippen molar-refractivity contribution in [1.82, 2.24) is 0 Å². The summed E-state index contributed by atoms with van der Waals surface area (Å²) in [5.41, 5.74) is 2.56. The molecule has 0 unspecified atom stereocenters. The Kier molecular flexibility index (Phi) is 6.03. The van der Waals surface area contributed by atoms with Crippen molar-refractivity contribution in [2.75, 3.05) is 5.75 Å². The largest absolute Gasteiger partial charge is 0.297 e. The smallest absolute Gasteiger partial charge is 0.161 e. The Morgan fingerprint density at radius 1 is 0.821 bits per heavy atom. The zero-order valence-corrected chi connectivity index (χ0v) is 16.0. The molecule has 0 fully saturated rings. The first kappa shape index (κ1) is 19.5. The van der Waals surface area contributed by atoms with Crippen LogP contribution >= 0.6 is 0 Å². The number of rotatable bonds is 7. The minimum absolute atomic E-state index is 0.235. The lowest BCUT2D eigenvalue weighted by Crippen LogP contribution is -2.24. The molecule has 0 saturated heterocycles. The molecule has 0 N–H and O–H groups in total. The third-order valence-corrected chi connectivity index (χ3v) is 5.92. The van der Waals surface area contributed by atoms with Crippen LogP contribution in [0, 0.1) is 11.3 Å². The van der Waals surface area contributed by atoms with E-state index < -0.39 is 21.5 Å². The lowest BCUT2D eigenvalue weighted by molar-refractivity contribution is -0.117. The number of Topliss-reactive ketones (excluding diaryl/α,β-unsaturated/α-hetero) is 1. The quantitative estimate of drug-likeness (QED) is 0.615. The van der Waals surface area contributed by atoms with Crippen LogP contribution in [0.5, 0.6) is 0 Å². The van der Waals surface area contributed by atoms with Crippen molar-refractivity contribution in [3.05, 3.63) is 107 Å². The van der Waals surface area contributed by atoms with E-state index in [1.165, 1.54) is 0 Å². The summed E-state index contributed by atoms with van der Waals surface area (Å²) in [6, 6.07) is 26.8. The first-order valence-corrected chi connectivity index (χ1v) is 10.6. The van der Waals surface area contributed by atoms with Gasteiger partial charge in [-0.15, -0.1) is 0 Å². The monoisotopic (exact) mass is 389 g/mol. The molecule has 0 aliphatic rings. The molecule has 5 heteroatoms. The highest BCUT2D eigenvalue weighted by Crippen LogP contribution is 2.26. The fourth-order valence-electron chi connectivity index (χ4n) is 3.14. The van der Waals surface area contributed by atoms with Crippen molar-refractivity contribution in [2.24, 2.45) is 0 Å². The highest BCUT2D eigenvalue weighted by molar-refractivity contribution is 7.91. The van der Waals surface area contributed by atoms with Gasteiger partial charge in [0.25, 0.3) is 0 Å². The number of ketones is 1. The standard InChI is InChI=1S/C23H19NO3S/c24-15-18-11-13-19(14-12-18)16-28(26,27)17-22(25)23(20-7-3-1-4-8-20)21-9-5-2-6-10-21/h1-14,23H,16-17H2. The molecule has 0 bridgehead atoms. The minimum atomic E-state index is -3.65. The summed E-state index contributed by atoms with van der Waals surface area (Å²) in [6.07, 6.45) is 0. The highest BCUT2D eigenvalue weighted by Gasteiger charge is 2.27. The van der Waals surface area contributed by atoms with Crippen molar-refractivity contribution in [2.45, 2.75) is 11.7 Å². The third kappa shape index (κ3) is 4.93. The Hall–Kier alpha value is -3.23. The molecule has 0 aliphatic carbocycles. The fourth-order valence-corrected chi connectivity index (χ4v) is 4.54. The first-order valence-electron chi connectivity index (χ1n) is 8.80. The second-order valence-corrected chi connectivity index (χ2v) is 8.63. The second kappa shape index (κ2) is 8.64. The number of hydrogen-bond donors (Lipinski definition) is 0. The third-order valence-electron chi connectivity index (χ3n) is 4.42. The Morgan fingerprint density at radius 2 is 1.32 bits per heavy atom. The van der Waals surface area contributed by atoms with Gasteiger partial charge in [-0.25, -0.2) is 8.42 Å². The molecule has 0 saturated carbocycles. The van der Waals surface area contributed by atoms with Crippen LogP contribution in [0.25, 0.3) is 0 Å². The van der Waals surface area contributed by atoms with E-state index in [2.05, 4.69) is 0 Å². The second-order valence-electron chi connectivity index (χ2n) is 6.56. The Balaban J connectivity index is 1.84. The molecule has 0 aromatic heterocycles. The van der Waals surface area contributed by atoms with Crippen LogP contribution in [0.1, 0.15) is 28.2 Å². The van der Waals surface area contributed by atoms with E-state index in [9.17, 15) is 13.2 Å². The number of sulfone groups is 1. The van der Waals surface area contributed by atoms with E-state index >= 15 is 0 Å². The number of carbonyl (C=O) groups excluding carboxylic acids is 1. The summed E-state index contributed by atoms with van der Waals surface area (Å²) in [7, 11) is -3.65. The molecule has 3 rings (SSSR count). The van der Waals surface area contributed by atoms with Gasteiger partial charge in [-0.3, -0.25) is 4.79 Å². The van der Waals surface area contributed by atoms with Crippen molar-refractivity contribution in [3.63, 3.8) is 0 Å². The molecule has 0 atom stereocenters. The molecule has 4 nitrogen and oxygen atoms in total. The Bertz CT molecular complexity index is 1040. The average molecular weight is 389 g/mol. The molecule has 0 spiro atoms. The Labute approximate surface area is 165 Å². The van der Waals surface area contributed by atoms with Gasteiger partial charge in [-0.05, 0) is 28.8 Å². The molecular weight excluding hydrogens is 370 g/mol. The molecule has 0 radical (unpaired) electrons. The van der Waals surface area contributed by atoms with Gasteiger partial charge in [0.2, 0.25) is 0 Å². The number of nitriles is 1. The predicted octanol–water partition coefficient (Wildman–Crippen LogP) is 3.87. The average Bonchev–Trinajstić information content (AvgIpc) is 2.69. The van der Waals surface area contributed by atoms with Crippen LogP contribution in [0.4, 0.5) is 0 Å². The summed E-state index contributed by atoms with van der Waals surface area (Å²) in [6.45, 7) is 0. The molecular formula is C23H19NO3S. The van der Waals surface area contributed by atoms with Crippen molar-refractivity contribution in [1.29, 1.82) is 5.26 Å². The van der Waals surface area contributed by atoms with Crippen LogP contribution in [0.15, 0.2) is 84.9 Å². The number of benzene rings is 3. The molecule has 0 heterocycles. The van der Waals surface area contributed by atoms with Gasteiger partial charge in [-0.2, -0.15) is 5.26 Å². The summed E-state index contributed by atoms with van der Waals surface area (Å²) in [5, 5.41) is 8.84. The zero-order chi connectivity index (χ0) is 20.0. The lowest BCUT2D eigenvalue weighted by Gasteiger charge is -2.17. The summed E-state index contributed by atoms with van der Waals surface area (Å²) < 4.78 is 25.3. The normalized spacial score (nSPS) is 11.1. The molecule has 3 aromatic carbocycles. The van der Waals surface area contributed by atoms with Crippen LogP contribution in [-0.4, -0.2) is 20.0 Å². The van der Waals surface area contributed by atoms with Crippen LogP contribution in [-0.2, 0) is 20.4 Å². The van der Waals surface area contributed by atoms with E-state index in [1.54, 1.807) is 24.3 Å².